The van der Waals surface area contributed by atoms with Crippen molar-refractivity contribution in [3.8, 4) is 11.5 Å². The predicted molar refractivity (Wildman–Crippen MR) is 138 cm³/mol. The first kappa shape index (κ1) is 28.7. The van der Waals surface area contributed by atoms with Crippen LogP contribution in [0.1, 0.15) is 72.9 Å². The maximum absolute atomic E-state index is 12.3. The summed E-state index contributed by atoms with van der Waals surface area (Å²) in [6, 6.07) is 15.7. The zero-order valence-corrected chi connectivity index (χ0v) is 22.5. The van der Waals surface area contributed by atoms with E-state index in [0.29, 0.717) is 31.1 Å². The molecule has 0 aromatic heterocycles. The Kier molecular flexibility index (Phi) is 10.2. The van der Waals surface area contributed by atoms with E-state index < -0.39 is 22.7 Å². The Hall–Kier alpha value is -2.57. The molecule has 0 radical (unpaired) electrons. The summed E-state index contributed by atoms with van der Waals surface area (Å²) in [5, 5.41) is 10.1. The summed E-state index contributed by atoms with van der Waals surface area (Å²) in [5.41, 5.74) is 1.07. The molecule has 0 spiro atoms. The molecule has 0 saturated carbocycles. The van der Waals surface area contributed by atoms with Crippen molar-refractivity contribution in [3.63, 3.8) is 0 Å². The molecule has 35 heavy (non-hydrogen) atoms. The Bertz CT molecular complexity index is 856. The van der Waals surface area contributed by atoms with Crippen LogP contribution in [0, 0.1) is 11.3 Å². The Balaban J connectivity index is 2.44. The molecule has 0 aliphatic carbocycles. The van der Waals surface area contributed by atoms with Crippen molar-refractivity contribution >= 4 is 5.97 Å². The van der Waals surface area contributed by atoms with E-state index in [2.05, 4.69) is 6.92 Å². The van der Waals surface area contributed by atoms with E-state index in [1.165, 1.54) is 0 Å². The Labute approximate surface area is 210 Å². The molecule has 2 aromatic carbocycles. The minimum Gasteiger partial charge on any atom is -0.481 e. The summed E-state index contributed by atoms with van der Waals surface area (Å²) < 4.78 is 22.6. The van der Waals surface area contributed by atoms with Crippen LogP contribution < -0.4 is 9.47 Å². The summed E-state index contributed by atoms with van der Waals surface area (Å²) in [4.78, 5) is 12.3. The summed E-state index contributed by atoms with van der Waals surface area (Å²) >= 11 is 0. The highest BCUT2D eigenvalue weighted by Crippen LogP contribution is 2.43. The number of hydrogen-bond donors (Lipinski definition) is 1. The summed E-state index contributed by atoms with van der Waals surface area (Å²) in [5.74, 6) is 0.0719. The second-order valence-corrected chi connectivity index (χ2v) is 10.1. The van der Waals surface area contributed by atoms with E-state index in [4.69, 9.17) is 18.9 Å². The number of hydrogen-bond acceptors (Lipinski definition) is 5. The Morgan fingerprint density at radius 1 is 0.771 bits per heavy atom. The van der Waals surface area contributed by atoms with Crippen molar-refractivity contribution < 1.29 is 28.8 Å². The van der Waals surface area contributed by atoms with Crippen LogP contribution in [-0.2, 0) is 19.7 Å². The number of rotatable bonds is 13. The monoisotopic (exact) mass is 486 g/mol. The summed E-state index contributed by atoms with van der Waals surface area (Å²) in [6.07, 6.45) is -0.251. The lowest BCUT2D eigenvalue weighted by molar-refractivity contribution is -0.146. The molecular weight excluding hydrogens is 444 g/mol. The zero-order valence-electron chi connectivity index (χ0n) is 22.5. The molecule has 2 rings (SSSR count). The van der Waals surface area contributed by atoms with E-state index in [-0.39, 0.29) is 12.6 Å². The second-order valence-electron chi connectivity index (χ2n) is 10.1. The van der Waals surface area contributed by atoms with Crippen molar-refractivity contribution in [3.05, 3.63) is 59.7 Å². The lowest BCUT2D eigenvalue weighted by atomic mass is 9.65. The average molecular weight is 487 g/mol. The molecule has 3 atom stereocenters. The van der Waals surface area contributed by atoms with Crippen molar-refractivity contribution in [2.75, 3.05) is 13.2 Å². The molecule has 6 nitrogen and oxygen atoms in total. The van der Waals surface area contributed by atoms with Crippen molar-refractivity contribution in [2.24, 2.45) is 11.3 Å². The van der Waals surface area contributed by atoms with Crippen molar-refractivity contribution in [2.45, 2.75) is 79.8 Å². The molecule has 6 heteroatoms. The fourth-order valence-electron chi connectivity index (χ4n) is 4.30. The van der Waals surface area contributed by atoms with Gasteiger partial charge in [0, 0.05) is 18.6 Å². The third-order valence-electron chi connectivity index (χ3n) is 6.35. The number of carboxylic acids is 1. The van der Waals surface area contributed by atoms with Crippen LogP contribution in [0.5, 0.6) is 11.5 Å². The molecule has 0 saturated heterocycles. The molecular formula is C29H42O6. The van der Waals surface area contributed by atoms with Gasteiger partial charge < -0.3 is 24.1 Å². The maximum Gasteiger partial charge on any atom is 0.307 e. The van der Waals surface area contributed by atoms with Gasteiger partial charge in [0.05, 0.1) is 5.92 Å². The van der Waals surface area contributed by atoms with Gasteiger partial charge in [0.2, 0.25) is 0 Å². The van der Waals surface area contributed by atoms with E-state index >= 15 is 0 Å². The third kappa shape index (κ3) is 7.97. The number of carboxylic acid groups (broad SMARTS) is 1. The molecule has 3 unspecified atom stereocenters. The van der Waals surface area contributed by atoms with Gasteiger partial charge in [-0.25, -0.2) is 0 Å². The highest BCUT2D eigenvalue weighted by atomic mass is 16.7. The van der Waals surface area contributed by atoms with Gasteiger partial charge in [-0.15, -0.1) is 0 Å². The summed E-state index contributed by atoms with van der Waals surface area (Å²) in [6.45, 7) is 16.8. The van der Waals surface area contributed by atoms with Gasteiger partial charge in [0.25, 0.3) is 0 Å². The average Bonchev–Trinajstić information content (AvgIpc) is 2.77. The minimum absolute atomic E-state index is 0.346. The summed E-state index contributed by atoms with van der Waals surface area (Å²) in [7, 11) is 0. The smallest absolute Gasteiger partial charge is 0.307 e. The standard InChI is InChI=1S/C29H42O6/c1-9-32-20(3)34-24-15-11-22(12-16-24)29(8,19-26(27(30)31)28(5,6)7)23-13-17-25(18-14-23)35-21(4)33-10-2/h11-18,20-21,26H,9-10,19H2,1-8H3,(H,30,31). The van der Waals surface area contributed by atoms with E-state index in [0.717, 1.165) is 11.1 Å². The molecule has 194 valence electrons. The van der Waals surface area contributed by atoms with E-state index in [9.17, 15) is 9.90 Å². The molecule has 0 aliphatic rings. The van der Waals surface area contributed by atoms with E-state index in [1.807, 2.05) is 97.0 Å². The molecule has 0 fully saturated rings. The number of aliphatic carboxylic acids is 1. The predicted octanol–water partition coefficient (Wildman–Crippen LogP) is 6.65. The van der Waals surface area contributed by atoms with Crippen LogP contribution in [-0.4, -0.2) is 36.9 Å². The molecule has 2 aromatic rings. The molecule has 0 amide bonds. The van der Waals surface area contributed by atoms with Crippen LogP contribution in [0.15, 0.2) is 48.5 Å². The van der Waals surface area contributed by atoms with Crippen LogP contribution in [0.25, 0.3) is 0 Å². The van der Waals surface area contributed by atoms with E-state index in [1.54, 1.807) is 0 Å². The van der Waals surface area contributed by atoms with Crippen LogP contribution in [0.3, 0.4) is 0 Å². The first-order valence-electron chi connectivity index (χ1n) is 12.4. The topological polar surface area (TPSA) is 74.2 Å². The quantitative estimate of drug-likeness (QED) is 0.319. The second kappa shape index (κ2) is 12.4. The molecule has 0 heterocycles. The van der Waals surface area contributed by atoms with Crippen LogP contribution >= 0.6 is 0 Å². The molecule has 1 N–H and O–H groups in total. The first-order chi connectivity index (χ1) is 16.4. The lowest BCUT2D eigenvalue weighted by Gasteiger charge is -2.38. The van der Waals surface area contributed by atoms with Crippen molar-refractivity contribution in [1.82, 2.24) is 0 Å². The molecule has 0 bridgehead atoms. The lowest BCUT2D eigenvalue weighted by Crippen LogP contribution is -2.36. The maximum atomic E-state index is 12.3. The number of ether oxygens (including phenoxy) is 4. The van der Waals surface area contributed by atoms with Crippen LogP contribution in [0.2, 0.25) is 0 Å². The van der Waals surface area contributed by atoms with Gasteiger partial charge in [-0.3, -0.25) is 4.79 Å². The first-order valence-corrected chi connectivity index (χ1v) is 12.4. The largest absolute Gasteiger partial charge is 0.481 e. The Morgan fingerprint density at radius 3 is 1.43 bits per heavy atom. The number of carbonyl (C=O) groups is 1. The molecule has 0 aliphatic heterocycles. The van der Waals surface area contributed by atoms with Gasteiger partial charge in [0.1, 0.15) is 11.5 Å². The SMILES string of the molecule is CCOC(C)Oc1ccc(C(C)(CC(C(=O)O)C(C)(C)C)c2ccc(OC(C)OCC)cc2)cc1. The van der Waals surface area contributed by atoms with Gasteiger partial charge in [-0.2, -0.15) is 0 Å². The van der Waals surface area contributed by atoms with Gasteiger partial charge in [0.15, 0.2) is 12.6 Å². The Morgan fingerprint density at radius 2 is 1.14 bits per heavy atom. The minimum atomic E-state index is -0.792. The van der Waals surface area contributed by atoms with Gasteiger partial charge in [-0.05, 0) is 74.9 Å². The highest BCUT2D eigenvalue weighted by Gasteiger charge is 2.40. The van der Waals surface area contributed by atoms with Crippen LogP contribution in [0.4, 0.5) is 0 Å². The zero-order chi connectivity index (χ0) is 26.2. The normalized spacial score (nSPS) is 16.1. The van der Waals surface area contributed by atoms with Gasteiger partial charge >= 0.3 is 5.97 Å². The fourth-order valence-corrected chi connectivity index (χ4v) is 4.30. The highest BCUT2D eigenvalue weighted by molar-refractivity contribution is 5.71. The van der Waals surface area contributed by atoms with Gasteiger partial charge in [-0.1, -0.05) is 52.0 Å². The number of benzene rings is 2. The third-order valence-corrected chi connectivity index (χ3v) is 6.35. The fraction of sp³-hybridized carbons (Fsp3) is 0.552. The van der Waals surface area contributed by atoms with Crippen molar-refractivity contribution in [1.29, 1.82) is 0 Å².